The molecule has 0 fully saturated rings. The predicted octanol–water partition coefficient (Wildman–Crippen LogP) is 4.67. The van der Waals surface area contributed by atoms with Gasteiger partial charge >= 0.3 is 0 Å². The normalized spacial score (nSPS) is 12.0. The average molecular weight is 405 g/mol. The third-order valence-corrected chi connectivity index (χ3v) is 4.73. The molecule has 1 unspecified atom stereocenters. The van der Waals surface area contributed by atoms with E-state index in [1.54, 1.807) is 28.8 Å². The molecular formula is C19H18ClFN4OS. The number of benzene rings is 2. The summed E-state index contributed by atoms with van der Waals surface area (Å²) in [5, 5.41) is 10.5. The average Bonchev–Trinajstić information content (AvgIpc) is 3.01. The maximum Gasteiger partial charge on any atom is 0.222 e. The van der Waals surface area contributed by atoms with Crippen LogP contribution in [0.2, 0.25) is 5.02 Å². The van der Waals surface area contributed by atoms with E-state index in [1.165, 1.54) is 12.1 Å². The van der Waals surface area contributed by atoms with Gasteiger partial charge in [-0.2, -0.15) is 5.10 Å². The van der Waals surface area contributed by atoms with E-state index >= 15 is 0 Å². The third kappa shape index (κ3) is 4.81. The molecule has 3 rings (SSSR count). The van der Waals surface area contributed by atoms with Gasteiger partial charge in [0.2, 0.25) is 5.91 Å². The number of aromatic amines is 1. The molecule has 0 aliphatic carbocycles. The largest absolute Gasteiger partial charge is 0.350 e. The molecular weight excluding hydrogens is 387 g/mol. The minimum Gasteiger partial charge on any atom is -0.350 e. The van der Waals surface area contributed by atoms with Crippen molar-refractivity contribution < 1.29 is 9.18 Å². The second-order valence-corrected chi connectivity index (χ2v) is 6.92. The van der Waals surface area contributed by atoms with Crippen LogP contribution in [0, 0.1) is 10.6 Å². The fourth-order valence-electron chi connectivity index (χ4n) is 2.71. The van der Waals surface area contributed by atoms with E-state index in [0.717, 1.165) is 11.1 Å². The van der Waals surface area contributed by atoms with Crippen molar-refractivity contribution in [2.75, 3.05) is 0 Å². The second-order valence-electron chi connectivity index (χ2n) is 6.10. The Hall–Kier alpha value is -2.51. The number of hydrogen-bond acceptors (Lipinski definition) is 3. The van der Waals surface area contributed by atoms with E-state index in [2.05, 4.69) is 15.5 Å². The maximum atomic E-state index is 13.1. The number of nitrogens with one attached hydrogen (secondary N) is 2. The molecule has 2 N–H and O–H groups in total. The fourth-order valence-corrected chi connectivity index (χ4v) is 3.06. The molecule has 0 aliphatic rings. The van der Waals surface area contributed by atoms with Gasteiger partial charge in [-0.25, -0.2) is 4.39 Å². The Morgan fingerprint density at radius 2 is 1.93 bits per heavy atom. The van der Waals surface area contributed by atoms with Gasteiger partial charge in [-0.05, 0) is 61.1 Å². The monoisotopic (exact) mass is 404 g/mol. The van der Waals surface area contributed by atoms with Crippen molar-refractivity contribution in [1.29, 1.82) is 0 Å². The quantitative estimate of drug-likeness (QED) is 0.587. The first-order valence-electron chi connectivity index (χ1n) is 8.40. The van der Waals surface area contributed by atoms with Crippen molar-refractivity contribution in [1.82, 2.24) is 20.1 Å². The van der Waals surface area contributed by atoms with E-state index in [1.807, 2.05) is 19.1 Å². The molecule has 1 amide bonds. The lowest BCUT2D eigenvalue weighted by Gasteiger charge is -2.15. The molecule has 8 heteroatoms. The summed E-state index contributed by atoms with van der Waals surface area (Å²) in [6.45, 7) is 2.27. The first-order chi connectivity index (χ1) is 12.9. The van der Waals surface area contributed by atoms with Gasteiger partial charge in [0.05, 0.1) is 6.04 Å². The molecule has 140 valence electrons. The predicted molar refractivity (Wildman–Crippen MR) is 105 cm³/mol. The Morgan fingerprint density at radius 3 is 2.59 bits per heavy atom. The van der Waals surface area contributed by atoms with Crippen LogP contribution in [0.25, 0.3) is 11.4 Å². The molecule has 1 heterocycles. The Bertz CT molecular complexity index is 982. The number of aromatic nitrogens is 3. The van der Waals surface area contributed by atoms with Crippen LogP contribution in [0.15, 0.2) is 48.5 Å². The first-order valence-corrected chi connectivity index (χ1v) is 9.18. The molecule has 3 aromatic rings. The summed E-state index contributed by atoms with van der Waals surface area (Å²) in [4.78, 5) is 12.3. The van der Waals surface area contributed by atoms with Crippen molar-refractivity contribution in [3.8, 4) is 11.4 Å². The summed E-state index contributed by atoms with van der Waals surface area (Å²) < 4.78 is 15.3. The molecule has 0 aliphatic heterocycles. The Morgan fingerprint density at radius 1 is 1.26 bits per heavy atom. The lowest BCUT2D eigenvalue weighted by atomic mass is 10.1. The third-order valence-electron chi connectivity index (χ3n) is 4.17. The van der Waals surface area contributed by atoms with Gasteiger partial charge in [-0.3, -0.25) is 14.5 Å². The Kier molecular flexibility index (Phi) is 6.03. The van der Waals surface area contributed by atoms with Crippen LogP contribution < -0.4 is 5.32 Å². The highest BCUT2D eigenvalue weighted by Crippen LogP contribution is 2.19. The van der Waals surface area contributed by atoms with Gasteiger partial charge in [-0.1, -0.05) is 23.7 Å². The molecule has 1 atom stereocenters. The van der Waals surface area contributed by atoms with Crippen LogP contribution in [0.4, 0.5) is 4.39 Å². The Balaban J connectivity index is 1.65. The Labute approximate surface area is 166 Å². The molecule has 0 bridgehead atoms. The van der Waals surface area contributed by atoms with Crippen molar-refractivity contribution in [3.05, 3.63) is 69.7 Å². The summed E-state index contributed by atoms with van der Waals surface area (Å²) in [6, 6.07) is 13.2. The van der Waals surface area contributed by atoms with Gasteiger partial charge in [0.25, 0.3) is 0 Å². The van der Waals surface area contributed by atoms with Crippen LogP contribution in [0.1, 0.15) is 24.9 Å². The highest BCUT2D eigenvalue weighted by atomic mass is 35.5. The highest BCUT2D eigenvalue weighted by molar-refractivity contribution is 7.71. The summed E-state index contributed by atoms with van der Waals surface area (Å²) in [7, 11) is 0. The maximum absolute atomic E-state index is 13.1. The summed E-state index contributed by atoms with van der Waals surface area (Å²) >= 11 is 11.1. The van der Waals surface area contributed by atoms with E-state index in [-0.39, 0.29) is 24.2 Å². The molecule has 0 spiro atoms. The van der Waals surface area contributed by atoms with Crippen molar-refractivity contribution >= 4 is 29.7 Å². The van der Waals surface area contributed by atoms with Gasteiger partial charge in [0, 0.05) is 23.6 Å². The van der Waals surface area contributed by atoms with Gasteiger partial charge < -0.3 is 5.32 Å². The van der Waals surface area contributed by atoms with Crippen LogP contribution in [-0.4, -0.2) is 20.7 Å². The molecule has 0 saturated heterocycles. The van der Waals surface area contributed by atoms with E-state index in [0.29, 0.717) is 22.2 Å². The van der Waals surface area contributed by atoms with Crippen molar-refractivity contribution in [2.45, 2.75) is 25.9 Å². The van der Waals surface area contributed by atoms with Crippen LogP contribution in [0.3, 0.4) is 0 Å². The molecule has 27 heavy (non-hydrogen) atoms. The van der Waals surface area contributed by atoms with Crippen LogP contribution >= 0.6 is 23.8 Å². The smallest absolute Gasteiger partial charge is 0.222 e. The topological polar surface area (TPSA) is 62.7 Å². The SMILES string of the molecule is CC(NC(=O)CCn1c(-c2ccc(F)cc2)n[nH]c1=S)c1ccc(Cl)cc1. The van der Waals surface area contributed by atoms with Crippen LogP contribution in [-0.2, 0) is 11.3 Å². The number of carbonyl (C=O) groups is 1. The lowest BCUT2D eigenvalue weighted by molar-refractivity contribution is -0.121. The number of amides is 1. The fraction of sp³-hybridized carbons (Fsp3) is 0.211. The molecule has 5 nitrogen and oxygen atoms in total. The zero-order valence-corrected chi connectivity index (χ0v) is 16.1. The molecule has 1 aromatic heterocycles. The zero-order chi connectivity index (χ0) is 19.4. The number of rotatable bonds is 6. The van der Waals surface area contributed by atoms with Crippen molar-refractivity contribution in [2.24, 2.45) is 0 Å². The lowest BCUT2D eigenvalue weighted by Crippen LogP contribution is -2.27. The number of halogens is 2. The molecule has 2 aromatic carbocycles. The summed E-state index contributed by atoms with van der Waals surface area (Å²) in [5.74, 6) is 0.138. The number of H-pyrrole nitrogens is 1. The summed E-state index contributed by atoms with van der Waals surface area (Å²) in [6.07, 6.45) is 0.236. The minimum atomic E-state index is -0.324. The van der Waals surface area contributed by atoms with Gasteiger partial charge in [0.15, 0.2) is 10.6 Å². The number of carbonyl (C=O) groups excluding carboxylic acids is 1. The second kappa shape index (κ2) is 8.45. The van der Waals surface area contributed by atoms with E-state index in [4.69, 9.17) is 23.8 Å². The van der Waals surface area contributed by atoms with Crippen molar-refractivity contribution in [3.63, 3.8) is 0 Å². The van der Waals surface area contributed by atoms with Gasteiger partial charge in [0.1, 0.15) is 5.82 Å². The van der Waals surface area contributed by atoms with E-state index < -0.39 is 0 Å². The summed E-state index contributed by atoms with van der Waals surface area (Å²) in [5.41, 5.74) is 1.69. The number of nitrogens with zero attached hydrogens (tertiary/aromatic N) is 2. The minimum absolute atomic E-state index is 0.106. The molecule has 0 radical (unpaired) electrons. The van der Waals surface area contributed by atoms with Crippen LogP contribution in [0.5, 0.6) is 0 Å². The standard InChI is InChI=1S/C19H18ClFN4OS/c1-12(13-2-6-15(20)7-3-13)22-17(26)10-11-25-18(23-24-19(25)27)14-4-8-16(21)9-5-14/h2-9,12H,10-11H2,1H3,(H,22,26)(H,24,27). The molecule has 0 saturated carbocycles. The highest BCUT2D eigenvalue weighted by Gasteiger charge is 2.13. The zero-order valence-electron chi connectivity index (χ0n) is 14.6. The van der Waals surface area contributed by atoms with Gasteiger partial charge in [-0.15, -0.1) is 0 Å². The number of hydrogen-bond donors (Lipinski definition) is 2. The first kappa shape index (κ1) is 19.3. The van der Waals surface area contributed by atoms with E-state index in [9.17, 15) is 9.18 Å².